The summed E-state index contributed by atoms with van der Waals surface area (Å²) in [6.45, 7) is 8.10. The lowest BCUT2D eigenvalue weighted by molar-refractivity contribution is -0.757. The average molecular weight is 730 g/mol. The maximum absolute atomic E-state index is 13.5. The van der Waals surface area contributed by atoms with Crippen molar-refractivity contribution in [2.24, 2.45) is 5.92 Å². The van der Waals surface area contributed by atoms with E-state index in [0.29, 0.717) is 32.2 Å². The van der Waals surface area contributed by atoms with Gasteiger partial charge in [-0.1, -0.05) is 55.6 Å². The zero-order valence-corrected chi connectivity index (χ0v) is 29.9. The van der Waals surface area contributed by atoms with Gasteiger partial charge in [0.1, 0.15) is 22.8 Å². The predicted molar refractivity (Wildman–Crippen MR) is 188 cm³/mol. The molecule has 1 saturated heterocycles. The summed E-state index contributed by atoms with van der Waals surface area (Å²) in [4.78, 5) is 53.8. The first-order valence-corrected chi connectivity index (χ1v) is 19.5. The molecule has 15 heteroatoms. The second-order valence-electron chi connectivity index (χ2n) is 11.7. The highest BCUT2D eigenvalue weighted by Gasteiger charge is 2.23. The molecule has 0 spiro atoms. The molecule has 3 aromatic carbocycles. The van der Waals surface area contributed by atoms with Gasteiger partial charge in [0.05, 0.1) is 25.7 Å². The van der Waals surface area contributed by atoms with E-state index in [-0.39, 0.29) is 42.3 Å². The molecule has 12 nitrogen and oxygen atoms in total. The van der Waals surface area contributed by atoms with Crippen molar-refractivity contribution in [1.29, 1.82) is 0 Å². The Morgan fingerprint density at radius 3 is 2.24 bits per heavy atom. The molecule has 0 N–H and O–H groups in total. The van der Waals surface area contributed by atoms with Crippen LogP contribution in [-0.4, -0.2) is 60.6 Å². The normalized spacial score (nSPS) is 15.1. The highest BCUT2D eigenvalue weighted by molar-refractivity contribution is 8.56. The average Bonchev–Trinajstić information content (AvgIpc) is 3.07. The summed E-state index contributed by atoms with van der Waals surface area (Å²) in [5.41, 5.74) is 1.75. The van der Waals surface area contributed by atoms with Crippen molar-refractivity contribution in [2.75, 3.05) is 32.9 Å². The molecule has 0 aromatic heterocycles. The van der Waals surface area contributed by atoms with Gasteiger partial charge in [-0.2, -0.15) is 0 Å². The van der Waals surface area contributed by atoms with Gasteiger partial charge in [0.2, 0.25) is 0 Å². The molecule has 0 amide bonds. The molecular formula is C34H38N2O10PS2-. The van der Waals surface area contributed by atoms with Crippen molar-refractivity contribution in [3.8, 4) is 17.2 Å². The van der Waals surface area contributed by atoms with Crippen LogP contribution in [-0.2, 0) is 49.6 Å². The zero-order chi connectivity index (χ0) is 35.6. The van der Waals surface area contributed by atoms with Crippen LogP contribution in [0, 0.1) is 16.0 Å². The molecule has 0 radical (unpaired) electrons. The zero-order valence-electron chi connectivity index (χ0n) is 27.4. The summed E-state index contributed by atoms with van der Waals surface area (Å²) >= 11 is 11.6. The van der Waals surface area contributed by atoms with Crippen LogP contribution >= 0.6 is 5.39 Å². The van der Waals surface area contributed by atoms with E-state index in [1.54, 1.807) is 31.2 Å². The molecule has 4 rings (SSSR count). The lowest BCUT2D eigenvalue weighted by Crippen LogP contribution is -2.35. The number of morpholine rings is 1. The molecule has 1 aliphatic heterocycles. The summed E-state index contributed by atoms with van der Waals surface area (Å²) in [5.74, 6) is -2.24. The molecule has 0 aliphatic carbocycles. The van der Waals surface area contributed by atoms with Gasteiger partial charge < -0.3 is 36.0 Å². The van der Waals surface area contributed by atoms with E-state index in [9.17, 15) is 24.5 Å². The number of hydrogen-bond acceptors (Lipinski definition) is 12. The Morgan fingerprint density at radius 2 is 1.61 bits per heavy atom. The quantitative estimate of drug-likeness (QED) is 0.0369. The number of carbonyl (C=O) groups excluding carboxylic acids is 3. The van der Waals surface area contributed by atoms with Crippen LogP contribution in [0.2, 0.25) is 0 Å². The van der Waals surface area contributed by atoms with Crippen LogP contribution in [0.4, 0.5) is 0 Å². The standard InChI is InChI=1S/C34H39N2O10PS2/c1-23(2)21-25-6-8-26(9-7-25)24(3)33(38)45-28-12-15-31(46-32(37)5-4-18-43-36(40)41)30(22-28)34(39)44-27-10-13-29(14-11-27)47(48,49)35-16-19-42-20-17-35/h6-15,22-24H,4-5,16-21H2,1-3H3,(H,48,49)/p-1. The highest BCUT2D eigenvalue weighted by Crippen LogP contribution is 2.47. The van der Waals surface area contributed by atoms with Crippen LogP contribution in [0.25, 0.3) is 0 Å². The Morgan fingerprint density at radius 1 is 0.959 bits per heavy atom. The summed E-state index contributed by atoms with van der Waals surface area (Å²) < 4.78 is 24.2. The molecular weight excluding hydrogens is 691 g/mol. The summed E-state index contributed by atoms with van der Waals surface area (Å²) in [6, 6.07) is 18.3. The lowest BCUT2D eigenvalue weighted by atomic mass is 9.97. The number of carbonyl (C=O) groups is 3. The van der Waals surface area contributed by atoms with E-state index in [2.05, 4.69) is 23.4 Å². The van der Waals surface area contributed by atoms with Crippen molar-refractivity contribution in [3.63, 3.8) is 0 Å². The number of benzene rings is 3. The first-order chi connectivity index (χ1) is 23.3. The Kier molecular flexibility index (Phi) is 13.7. The molecule has 1 heterocycles. The van der Waals surface area contributed by atoms with Crippen molar-refractivity contribution in [3.05, 3.63) is 93.5 Å². The van der Waals surface area contributed by atoms with Crippen LogP contribution in [0.1, 0.15) is 61.0 Å². The van der Waals surface area contributed by atoms with Crippen LogP contribution < -0.4 is 19.5 Å². The van der Waals surface area contributed by atoms with Gasteiger partial charge in [-0.05, 0) is 72.4 Å². The Hall–Kier alpha value is -3.81. The Bertz CT molecular complexity index is 1680. The second kappa shape index (κ2) is 17.7. The monoisotopic (exact) mass is 729 g/mol. The van der Waals surface area contributed by atoms with Crippen molar-refractivity contribution in [2.45, 2.75) is 46.0 Å². The van der Waals surface area contributed by atoms with E-state index in [4.69, 9.17) is 43.0 Å². The minimum Gasteiger partial charge on any atom is -0.727 e. The molecule has 0 saturated carbocycles. The highest BCUT2D eigenvalue weighted by atomic mass is 32.9. The molecule has 0 bridgehead atoms. The topological polar surface area (TPSA) is 144 Å². The minimum atomic E-state index is -2.46. The molecule has 2 unspecified atom stereocenters. The van der Waals surface area contributed by atoms with E-state index in [1.165, 1.54) is 23.8 Å². The largest absolute Gasteiger partial charge is 0.727 e. The molecule has 3 aromatic rings. The third kappa shape index (κ3) is 11.1. The van der Waals surface area contributed by atoms with Gasteiger partial charge in [-0.15, -0.1) is 21.9 Å². The van der Waals surface area contributed by atoms with Gasteiger partial charge in [-0.25, -0.2) is 4.79 Å². The SMILES string of the molecule is CC(C)Cc1ccc(C(C)C(=O)Oc2ccc(OC(=O)CCCO[N+](=O)[O-])c(C(=O)Oc3ccc(P(=S)([S-])N4CCOCC4)cc3)c2)cc1. The first kappa shape index (κ1) is 38.0. The van der Waals surface area contributed by atoms with E-state index < -0.39 is 34.3 Å². The van der Waals surface area contributed by atoms with Crippen LogP contribution in [0.3, 0.4) is 0 Å². The fraction of sp³-hybridized carbons (Fsp3) is 0.382. The second-order valence-corrected chi connectivity index (χ2v) is 17.7. The van der Waals surface area contributed by atoms with Gasteiger partial charge in [0, 0.05) is 19.5 Å². The van der Waals surface area contributed by atoms with Crippen LogP contribution in [0.5, 0.6) is 17.2 Å². The van der Waals surface area contributed by atoms with E-state index in [0.717, 1.165) is 17.3 Å². The lowest BCUT2D eigenvalue weighted by Gasteiger charge is -2.43. The van der Waals surface area contributed by atoms with Crippen LogP contribution in [0.15, 0.2) is 66.7 Å². The molecule has 1 aliphatic rings. The number of nitrogens with zero attached hydrogens (tertiary/aromatic N) is 2. The first-order valence-electron chi connectivity index (χ1n) is 15.7. The molecule has 49 heavy (non-hydrogen) atoms. The molecule has 2 atom stereocenters. The fourth-order valence-electron chi connectivity index (χ4n) is 4.95. The molecule has 262 valence electrons. The summed E-state index contributed by atoms with van der Waals surface area (Å²) in [5, 5.41) is 7.75. The number of rotatable bonds is 15. The third-order valence-corrected chi connectivity index (χ3v) is 12.3. The van der Waals surface area contributed by atoms with Gasteiger partial charge in [0.25, 0.3) is 5.09 Å². The van der Waals surface area contributed by atoms with Gasteiger partial charge in [-0.3, -0.25) is 14.3 Å². The van der Waals surface area contributed by atoms with E-state index in [1.807, 2.05) is 24.3 Å². The van der Waals surface area contributed by atoms with Crippen molar-refractivity contribution in [1.82, 2.24) is 4.67 Å². The van der Waals surface area contributed by atoms with Gasteiger partial charge in [0.15, 0.2) is 0 Å². The Labute approximate surface area is 295 Å². The number of esters is 3. The third-order valence-electron chi connectivity index (χ3n) is 7.55. The minimum absolute atomic E-state index is 0.0122. The van der Waals surface area contributed by atoms with Crippen molar-refractivity contribution < 1.29 is 43.3 Å². The maximum Gasteiger partial charge on any atom is 0.347 e. The van der Waals surface area contributed by atoms with Gasteiger partial charge >= 0.3 is 17.9 Å². The number of hydrogen-bond donors (Lipinski definition) is 0. The van der Waals surface area contributed by atoms with Crippen molar-refractivity contribution >= 4 is 52.7 Å². The smallest absolute Gasteiger partial charge is 0.347 e. The number of ether oxygens (including phenoxy) is 4. The summed E-state index contributed by atoms with van der Waals surface area (Å²) in [7, 11) is 0. The predicted octanol–water partition coefficient (Wildman–Crippen LogP) is 5.52. The Balaban J connectivity index is 1.51. The molecule has 1 fully saturated rings. The van der Waals surface area contributed by atoms with E-state index >= 15 is 0 Å². The summed E-state index contributed by atoms with van der Waals surface area (Å²) in [6.07, 6.45) is 0.715. The maximum atomic E-state index is 13.5. The fourth-order valence-corrected chi connectivity index (χ4v) is 8.20.